The molecule has 0 fully saturated rings. The van der Waals surface area contributed by atoms with Gasteiger partial charge in [-0.2, -0.15) is 5.26 Å². The fraction of sp³-hybridized carbons (Fsp3) is 0.250. The number of aliphatic carboxylic acids is 1. The average Bonchev–Trinajstić information content (AvgIpc) is 2.35. The Labute approximate surface area is 103 Å². The molecular weight excluding hydrogens is 236 g/mol. The van der Waals surface area contributed by atoms with Crippen LogP contribution >= 0.6 is 0 Å². The number of aliphatic hydroxyl groups is 1. The predicted molar refractivity (Wildman–Crippen MR) is 61.7 cm³/mol. The molecule has 0 aliphatic rings. The molecule has 0 aromatic heterocycles. The molecule has 1 aromatic carbocycles. The number of nitrogens with one attached hydrogen (secondary N) is 1. The van der Waals surface area contributed by atoms with Crippen LogP contribution in [0.25, 0.3) is 0 Å². The van der Waals surface area contributed by atoms with Crippen LogP contribution in [0, 0.1) is 11.3 Å². The molecular formula is C12H12N2O4. The Bertz CT molecular complexity index is 488. The summed E-state index contributed by atoms with van der Waals surface area (Å²) in [5, 5.41) is 28.8. The molecule has 0 saturated carbocycles. The number of rotatable bonds is 4. The van der Waals surface area contributed by atoms with Gasteiger partial charge in [0.05, 0.1) is 17.7 Å². The zero-order valence-electron chi connectivity index (χ0n) is 9.62. The normalized spacial score (nSPS) is 13.2. The number of nitrogens with zero attached hydrogens (tertiary/aromatic N) is 1. The van der Waals surface area contributed by atoms with Crippen molar-refractivity contribution in [2.24, 2.45) is 0 Å². The van der Waals surface area contributed by atoms with Gasteiger partial charge in [0.2, 0.25) is 0 Å². The fourth-order valence-electron chi connectivity index (χ4n) is 1.31. The Morgan fingerprint density at radius 1 is 1.33 bits per heavy atom. The molecule has 0 aliphatic carbocycles. The van der Waals surface area contributed by atoms with E-state index in [1.807, 2.05) is 6.07 Å². The highest BCUT2D eigenvalue weighted by Crippen LogP contribution is 2.04. The van der Waals surface area contributed by atoms with Crippen molar-refractivity contribution >= 4 is 11.9 Å². The smallest absolute Gasteiger partial charge is 0.328 e. The number of hydrogen-bond acceptors (Lipinski definition) is 4. The number of benzene rings is 1. The summed E-state index contributed by atoms with van der Waals surface area (Å²) in [4.78, 5) is 22.5. The maximum absolute atomic E-state index is 11.7. The standard InChI is InChI=1S/C12H12N2O4/c1-7(15)10(12(17)18)14-11(16)9-4-2-8(6-13)3-5-9/h2-5,7,10,15H,1H3,(H,14,16)(H,17,18)/t7-,10+/m1/s1. The van der Waals surface area contributed by atoms with Crippen molar-refractivity contribution in [3.05, 3.63) is 35.4 Å². The van der Waals surface area contributed by atoms with Crippen LogP contribution in [0.15, 0.2) is 24.3 Å². The van der Waals surface area contributed by atoms with Crippen molar-refractivity contribution in [2.75, 3.05) is 0 Å². The van der Waals surface area contributed by atoms with Crippen molar-refractivity contribution in [1.29, 1.82) is 5.26 Å². The van der Waals surface area contributed by atoms with Gasteiger partial charge < -0.3 is 15.5 Å². The second kappa shape index (κ2) is 5.80. The second-order valence-corrected chi connectivity index (χ2v) is 3.72. The lowest BCUT2D eigenvalue weighted by atomic mass is 10.1. The molecule has 1 rings (SSSR count). The maximum atomic E-state index is 11.7. The van der Waals surface area contributed by atoms with E-state index in [-0.39, 0.29) is 5.56 Å². The van der Waals surface area contributed by atoms with Crippen LogP contribution in [0.1, 0.15) is 22.8 Å². The van der Waals surface area contributed by atoms with Crippen molar-refractivity contribution in [3.63, 3.8) is 0 Å². The van der Waals surface area contributed by atoms with Crippen molar-refractivity contribution < 1.29 is 19.8 Å². The Balaban J connectivity index is 2.81. The van der Waals surface area contributed by atoms with Crippen LogP contribution in [0.2, 0.25) is 0 Å². The van der Waals surface area contributed by atoms with E-state index in [9.17, 15) is 14.7 Å². The van der Waals surface area contributed by atoms with Gasteiger partial charge in [-0.15, -0.1) is 0 Å². The highest BCUT2D eigenvalue weighted by molar-refractivity contribution is 5.96. The molecule has 94 valence electrons. The Hall–Kier alpha value is -2.39. The third-order valence-electron chi connectivity index (χ3n) is 2.31. The minimum absolute atomic E-state index is 0.223. The molecule has 0 spiro atoms. The summed E-state index contributed by atoms with van der Waals surface area (Å²) in [7, 11) is 0. The van der Waals surface area contributed by atoms with Gasteiger partial charge in [-0.25, -0.2) is 4.79 Å². The number of carbonyl (C=O) groups is 2. The average molecular weight is 248 g/mol. The van der Waals surface area contributed by atoms with Gasteiger partial charge in [-0.05, 0) is 31.2 Å². The van der Waals surface area contributed by atoms with Crippen LogP contribution in [0.4, 0.5) is 0 Å². The number of carboxylic acid groups (broad SMARTS) is 1. The monoisotopic (exact) mass is 248 g/mol. The molecule has 6 heteroatoms. The SMILES string of the molecule is C[C@@H](O)[C@H](NC(=O)c1ccc(C#N)cc1)C(=O)O. The molecule has 1 amide bonds. The number of nitriles is 1. The van der Waals surface area contributed by atoms with Crippen LogP contribution in [0.3, 0.4) is 0 Å². The first-order valence-corrected chi connectivity index (χ1v) is 5.17. The van der Waals surface area contributed by atoms with Gasteiger partial charge in [0.15, 0.2) is 6.04 Å². The van der Waals surface area contributed by atoms with Gasteiger partial charge in [-0.1, -0.05) is 0 Å². The summed E-state index contributed by atoms with van der Waals surface area (Å²) >= 11 is 0. The molecule has 3 N–H and O–H groups in total. The van der Waals surface area contributed by atoms with Crippen molar-refractivity contribution in [1.82, 2.24) is 5.32 Å². The summed E-state index contributed by atoms with van der Waals surface area (Å²) in [6.07, 6.45) is -1.20. The van der Waals surface area contributed by atoms with E-state index in [2.05, 4.69) is 5.32 Å². The third kappa shape index (κ3) is 3.30. The molecule has 1 aromatic rings. The van der Waals surface area contributed by atoms with E-state index in [1.54, 1.807) is 0 Å². The quantitative estimate of drug-likeness (QED) is 0.701. The molecule has 0 aliphatic heterocycles. The van der Waals surface area contributed by atoms with E-state index in [0.29, 0.717) is 5.56 Å². The topological polar surface area (TPSA) is 110 Å². The second-order valence-electron chi connectivity index (χ2n) is 3.72. The van der Waals surface area contributed by atoms with Gasteiger partial charge >= 0.3 is 5.97 Å². The Morgan fingerprint density at radius 3 is 2.28 bits per heavy atom. The number of hydrogen-bond donors (Lipinski definition) is 3. The lowest BCUT2D eigenvalue weighted by Crippen LogP contribution is -2.47. The zero-order valence-corrected chi connectivity index (χ0v) is 9.62. The Kier molecular flexibility index (Phi) is 4.40. The van der Waals surface area contributed by atoms with Gasteiger partial charge in [0.25, 0.3) is 5.91 Å². The zero-order chi connectivity index (χ0) is 13.7. The molecule has 0 unspecified atom stereocenters. The summed E-state index contributed by atoms with van der Waals surface area (Å²) in [6.45, 7) is 1.28. The summed E-state index contributed by atoms with van der Waals surface area (Å²) < 4.78 is 0. The molecule has 6 nitrogen and oxygen atoms in total. The van der Waals surface area contributed by atoms with E-state index in [4.69, 9.17) is 10.4 Å². The van der Waals surface area contributed by atoms with Crippen molar-refractivity contribution in [3.8, 4) is 6.07 Å². The van der Waals surface area contributed by atoms with Crippen LogP contribution in [-0.4, -0.2) is 34.2 Å². The number of carboxylic acids is 1. The van der Waals surface area contributed by atoms with E-state index < -0.39 is 24.0 Å². The first-order chi connectivity index (χ1) is 8.45. The van der Waals surface area contributed by atoms with Gasteiger partial charge in [-0.3, -0.25) is 4.79 Å². The highest BCUT2D eigenvalue weighted by Gasteiger charge is 2.25. The summed E-state index contributed by atoms with van der Waals surface area (Å²) in [5.74, 6) is -1.93. The largest absolute Gasteiger partial charge is 0.480 e. The molecule has 0 heterocycles. The van der Waals surface area contributed by atoms with Crippen LogP contribution < -0.4 is 5.32 Å². The molecule has 0 radical (unpaired) electrons. The Morgan fingerprint density at radius 2 is 1.89 bits per heavy atom. The van der Waals surface area contributed by atoms with Crippen LogP contribution in [0.5, 0.6) is 0 Å². The molecule has 0 bridgehead atoms. The van der Waals surface area contributed by atoms with Crippen LogP contribution in [-0.2, 0) is 4.79 Å². The molecule has 2 atom stereocenters. The van der Waals surface area contributed by atoms with Gasteiger partial charge in [0.1, 0.15) is 0 Å². The van der Waals surface area contributed by atoms with E-state index >= 15 is 0 Å². The minimum atomic E-state index is -1.37. The summed E-state index contributed by atoms with van der Waals surface area (Å²) in [5.41, 5.74) is 0.623. The number of aliphatic hydroxyl groups excluding tert-OH is 1. The molecule has 18 heavy (non-hydrogen) atoms. The van der Waals surface area contributed by atoms with Crippen molar-refractivity contribution in [2.45, 2.75) is 19.1 Å². The lowest BCUT2D eigenvalue weighted by molar-refractivity contribution is -0.141. The number of carbonyl (C=O) groups excluding carboxylic acids is 1. The first kappa shape index (κ1) is 13.7. The predicted octanol–water partition coefficient (Wildman–Crippen LogP) is 0.122. The van der Waals surface area contributed by atoms with E-state index in [1.165, 1.54) is 31.2 Å². The van der Waals surface area contributed by atoms with E-state index in [0.717, 1.165) is 0 Å². The maximum Gasteiger partial charge on any atom is 0.328 e. The number of amides is 1. The third-order valence-corrected chi connectivity index (χ3v) is 2.31. The molecule has 0 saturated heterocycles. The minimum Gasteiger partial charge on any atom is -0.480 e. The summed E-state index contributed by atoms with van der Waals surface area (Å²) in [6, 6.07) is 6.26. The highest BCUT2D eigenvalue weighted by atomic mass is 16.4. The first-order valence-electron chi connectivity index (χ1n) is 5.17. The fourth-order valence-corrected chi connectivity index (χ4v) is 1.31. The lowest BCUT2D eigenvalue weighted by Gasteiger charge is -2.16. The van der Waals surface area contributed by atoms with Gasteiger partial charge in [0, 0.05) is 5.56 Å².